The first-order valence-corrected chi connectivity index (χ1v) is 7.31. The number of hydrogen-bond donors (Lipinski definition) is 0. The molecule has 1 saturated heterocycles. The molecule has 1 fully saturated rings. The highest BCUT2D eigenvalue weighted by atomic mass is 32.1. The fourth-order valence-electron chi connectivity index (χ4n) is 2.23. The van der Waals surface area contributed by atoms with Gasteiger partial charge in [-0.1, -0.05) is 11.3 Å². The highest BCUT2D eigenvalue weighted by Gasteiger charge is 2.28. The number of esters is 1. The van der Waals surface area contributed by atoms with Crippen LogP contribution in [0.4, 0.5) is 5.13 Å². The molecular formula is C13H18N2O3S. The fourth-order valence-corrected chi connectivity index (χ4v) is 3.30. The lowest BCUT2D eigenvalue weighted by Crippen LogP contribution is -2.26. The minimum atomic E-state index is -0.512. The number of nitrogens with zero attached hydrogens (tertiary/aromatic N) is 2. The minimum Gasteiger partial charge on any atom is -0.461 e. The monoisotopic (exact) mass is 282 g/mol. The van der Waals surface area contributed by atoms with E-state index in [1.807, 2.05) is 0 Å². The quantitative estimate of drug-likeness (QED) is 0.627. The van der Waals surface area contributed by atoms with E-state index in [1.54, 1.807) is 6.92 Å². The van der Waals surface area contributed by atoms with Gasteiger partial charge in [-0.15, -0.1) is 0 Å². The third kappa shape index (κ3) is 2.78. The molecule has 0 aromatic carbocycles. The van der Waals surface area contributed by atoms with E-state index in [2.05, 4.69) is 16.8 Å². The number of rotatable bonds is 4. The maximum atomic E-state index is 11.8. The van der Waals surface area contributed by atoms with E-state index in [0.29, 0.717) is 10.9 Å². The third-order valence-electron chi connectivity index (χ3n) is 3.20. The summed E-state index contributed by atoms with van der Waals surface area (Å²) in [5.74, 6) is -0.652. The van der Waals surface area contributed by atoms with Gasteiger partial charge < -0.3 is 9.64 Å². The second kappa shape index (κ2) is 5.69. The first-order valence-electron chi connectivity index (χ1n) is 6.50. The van der Waals surface area contributed by atoms with E-state index in [-0.39, 0.29) is 18.1 Å². The Labute approximate surface area is 116 Å². The van der Waals surface area contributed by atoms with Crippen LogP contribution in [0.2, 0.25) is 0 Å². The van der Waals surface area contributed by atoms with E-state index in [4.69, 9.17) is 4.74 Å². The second-order valence-corrected chi connectivity index (χ2v) is 5.61. The Morgan fingerprint density at radius 3 is 2.79 bits per heavy atom. The predicted molar refractivity (Wildman–Crippen MR) is 74.1 cm³/mol. The molecular weight excluding hydrogens is 264 g/mol. The van der Waals surface area contributed by atoms with Crippen LogP contribution in [-0.4, -0.2) is 35.9 Å². The largest absolute Gasteiger partial charge is 0.461 e. The summed E-state index contributed by atoms with van der Waals surface area (Å²) in [5, 5.41) is 0.748. The van der Waals surface area contributed by atoms with Gasteiger partial charge in [-0.25, -0.2) is 9.78 Å². The smallest absolute Gasteiger partial charge is 0.358 e. The average molecular weight is 282 g/mol. The Kier molecular flexibility index (Phi) is 4.19. The molecule has 0 amide bonds. The van der Waals surface area contributed by atoms with Crippen molar-refractivity contribution < 1.29 is 14.3 Å². The summed E-state index contributed by atoms with van der Waals surface area (Å²) in [7, 11) is 0. The zero-order valence-electron chi connectivity index (χ0n) is 11.4. The Morgan fingerprint density at radius 2 is 2.26 bits per heavy atom. The number of aromatic nitrogens is 1. The topological polar surface area (TPSA) is 59.5 Å². The molecule has 2 heterocycles. The minimum absolute atomic E-state index is 0.140. The van der Waals surface area contributed by atoms with E-state index < -0.39 is 5.97 Å². The van der Waals surface area contributed by atoms with Crippen LogP contribution in [0.5, 0.6) is 0 Å². The van der Waals surface area contributed by atoms with Crippen LogP contribution in [0.1, 0.15) is 53.8 Å². The van der Waals surface area contributed by atoms with E-state index in [0.717, 1.165) is 24.5 Å². The van der Waals surface area contributed by atoms with Gasteiger partial charge in [0.25, 0.3) is 0 Å². The van der Waals surface area contributed by atoms with E-state index in [9.17, 15) is 9.59 Å². The number of ether oxygens (including phenoxy) is 1. The zero-order chi connectivity index (χ0) is 14.0. The van der Waals surface area contributed by atoms with Gasteiger partial charge in [0.15, 0.2) is 16.6 Å². The Morgan fingerprint density at radius 1 is 1.53 bits per heavy atom. The lowest BCUT2D eigenvalue weighted by molar-refractivity contribution is 0.0517. The van der Waals surface area contributed by atoms with E-state index >= 15 is 0 Å². The number of thiazole rings is 1. The number of carbonyl (C=O) groups excluding carboxylic acids is 2. The van der Waals surface area contributed by atoms with Gasteiger partial charge in [0.2, 0.25) is 0 Å². The molecule has 0 aliphatic carbocycles. The van der Waals surface area contributed by atoms with Crippen molar-refractivity contribution in [2.45, 2.75) is 39.7 Å². The van der Waals surface area contributed by atoms with Crippen molar-refractivity contribution in [2.75, 3.05) is 18.1 Å². The highest BCUT2D eigenvalue weighted by molar-refractivity contribution is 7.17. The summed E-state index contributed by atoms with van der Waals surface area (Å²) < 4.78 is 4.96. The first kappa shape index (κ1) is 14.0. The van der Waals surface area contributed by atoms with Gasteiger partial charge in [-0.3, -0.25) is 4.79 Å². The molecule has 5 nitrogen and oxygen atoms in total. The molecule has 2 rings (SSSR count). The fraction of sp³-hybridized carbons (Fsp3) is 0.615. The lowest BCUT2D eigenvalue weighted by Gasteiger charge is -2.19. The molecule has 19 heavy (non-hydrogen) atoms. The molecule has 104 valence electrons. The second-order valence-electron chi connectivity index (χ2n) is 4.64. The summed E-state index contributed by atoms with van der Waals surface area (Å²) in [6, 6.07) is 0.404. The number of carbonyl (C=O) groups is 2. The molecule has 0 saturated carbocycles. The molecule has 1 aliphatic rings. The van der Waals surface area contributed by atoms with Crippen LogP contribution in [0.25, 0.3) is 0 Å². The van der Waals surface area contributed by atoms with Gasteiger partial charge in [-0.2, -0.15) is 0 Å². The maximum absolute atomic E-state index is 11.8. The molecule has 0 spiro atoms. The lowest BCUT2D eigenvalue weighted by atomic mass is 10.2. The zero-order valence-corrected chi connectivity index (χ0v) is 12.2. The first-order chi connectivity index (χ1) is 9.04. The van der Waals surface area contributed by atoms with Gasteiger partial charge in [-0.05, 0) is 26.7 Å². The molecule has 1 aromatic heterocycles. The van der Waals surface area contributed by atoms with Crippen molar-refractivity contribution in [3.63, 3.8) is 0 Å². The van der Waals surface area contributed by atoms with Gasteiger partial charge in [0, 0.05) is 19.5 Å². The normalized spacial score (nSPS) is 18.7. The molecule has 1 aromatic rings. The molecule has 0 bridgehead atoms. The van der Waals surface area contributed by atoms with Crippen LogP contribution in [0.3, 0.4) is 0 Å². The van der Waals surface area contributed by atoms with Crippen LogP contribution >= 0.6 is 11.3 Å². The number of ketones is 1. The van der Waals surface area contributed by atoms with Crippen LogP contribution in [0.15, 0.2) is 0 Å². The summed E-state index contributed by atoms with van der Waals surface area (Å²) in [6.45, 7) is 6.53. The van der Waals surface area contributed by atoms with Crippen molar-refractivity contribution in [3.05, 3.63) is 10.6 Å². The Hall–Kier alpha value is -1.43. The average Bonchev–Trinajstić information content (AvgIpc) is 2.94. The van der Waals surface area contributed by atoms with Crippen LogP contribution in [-0.2, 0) is 4.74 Å². The maximum Gasteiger partial charge on any atom is 0.358 e. The van der Waals surface area contributed by atoms with Gasteiger partial charge in [0.1, 0.15) is 4.88 Å². The van der Waals surface area contributed by atoms with Crippen molar-refractivity contribution in [3.8, 4) is 0 Å². The molecule has 0 N–H and O–H groups in total. The van der Waals surface area contributed by atoms with E-state index in [1.165, 1.54) is 18.3 Å². The standard InChI is InChI=1S/C13H18N2O3S/c1-4-18-12(17)10-11(9(3)16)19-13(14-10)15-7-5-6-8(15)2/h8H,4-7H2,1-3H3. The SMILES string of the molecule is CCOC(=O)c1nc(N2CCCC2C)sc1C(C)=O. The highest BCUT2D eigenvalue weighted by Crippen LogP contribution is 2.32. The Bertz CT molecular complexity index is 498. The van der Waals surface area contributed by atoms with Crippen molar-refractivity contribution >= 4 is 28.2 Å². The van der Waals surface area contributed by atoms with Gasteiger partial charge >= 0.3 is 5.97 Å². The van der Waals surface area contributed by atoms with Crippen molar-refractivity contribution in [2.24, 2.45) is 0 Å². The molecule has 1 aliphatic heterocycles. The van der Waals surface area contributed by atoms with Crippen LogP contribution in [0, 0.1) is 0 Å². The number of anilines is 1. The molecule has 1 atom stereocenters. The van der Waals surface area contributed by atoms with Crippen molar-refractivity contribution in [1.82, 2.24) is 4.98 Å². The number of hydrogen-bond acceptors (Lipinski definition) is 6. The molecule has 6 heteroatoms. The molecule has 0 radical (unpaired) electrons. The summed E-state index contributed by atoms with van der Waals surface area (Å²) in [5.41, 5.74) is 0.161. The summed E-state index contributed by atoms with van der Waals surface area (Å²) in [4.78, 5) is 30.3. The third-order valence-corrected chi connectivity index (χ3v) is 4.40. The number of Topliss-reactive ketones (excluding diaryl/α,β-unsaturated/α-hetero) is 1. The Balaban J connectivity index is 2.34. The van der Waals surface area contributed by atoms with Crippen molar-refractivity contribution in [1.29, 1.82) is 0 Å². The van der Waals surface area contributed by atoms with Crippen LogP contribution < -0.4 is 4.90 Å². The van der Waals surface area contributed by atoms with Gasteiger partial charge in [0.05, 0.1) is 6.61 Å². The molecule has 1 unspecified atom stereocenters. The summed E-state index contributed by atoms with van der Waals surface area (Å²) in [6.07, 6.45) is 2.23. The summed E-state index contributed by atoms with van der Waals surface area (Å²) >= 11 is 1.29. The predicted octanol–water partition coefficient (Wildman–Crippen LogP) is 2.51.